The second-order valence-electron chi connectivity index (χ2n) is 9.59. The molecule has 0 unspecified atom stereocenters. The largest absolute Gasteiger partial charge is 0.396 e. The molecule has 0 rings (SSSR count). The first-order valence-corrected chi connectivity index (χ1v) is 14.6. The molecule has 0 aromatic heterocycles. The van der Waals surface area contributed by atoms with Gasteiger partial charge < -0.3 is 10.2 Å². The second kappa shape index (κ2) is 29.8. The molecule has 0 aliphatic carbocycles. The van der Waals surface area contributed by atoms with Crippen molar-refractivity contribution in [2.45, 2.75) is 148 Å². The average Bonchev–Trinajstić information content (AvgIpc) is 2.82. The lowest BCUT2D eigenvalue weighted by atomic mass is 10.0. The molecule has 0 spiro atoms. The molecule has 0 aliphatic heterocycles. The van der Waals surface area contributed by atoms with Crippen LogP contribution in [0.3, 0.4) is 0 Å². The maximum absolute atomic E-state index is 8.87. The van der Waals surface area contributed by atoms with Crippen LogP contribution in [0, 0.1) is 0 Å². The Labute approximate surface area is 206 Å². The van der Waals surface area contributed by atoms with Gasteiger partial charge in [-0.3, -0.25) is 9.68 Å². The molecule has 5 nitrogen and oxygen atoms in total. The first-order chi connectivity index (χ1) is 16.3. The van der Waals surface area contributed by atoms with Crippen molar-refractivity contribution < 1.29 is 19.9 Å². The van der Waals surface area contributed by atoms with Gasteiger partial charge in [-0.2, -0.15) is 0 Å². The number of hydrogen-bond acceptors (Lipinski definition) is 5. The number of hydrogen-bond donors (Lipinski definition) is 2. The summed E-state index contributed by atoms with van der Waals surface area (Å²) in [4.78, 5) is 11.1. The zero-order valence-electron chi connectivity index (χ0n) is 22.3. The molecule has 0 bridgehead atoms. The lowest BCUT2D eigenvalue weighted by Gasteiger charge is -2.20. The van der Waals surface area contributed by atoms with Crippen LogP contribution in [0.25, 0.3) is 0 Å². The highest BCUT2D eigenvalue weighted by Gasteiger charge is 2.06. The summed E-state index contributed by atoms with van der Waals surface area (Å²) >= 11 is 0. The predicted octanol–water partition coefficient (Wildman–Crippen LogP) is 7.74. The predicted molar refractivity (Wildman–Crippen MR) is 140 cm³/mol. The minimum absolute atomic E-state index is 0.129. The van der Waals surface area contributed by atoms with E-state index in [1.807, 2.05) is 0 Å². The third kappa shape index (κ3) is 27.9. The summed E-state index contributed by atoms with van der Waals surface area (Å²) in [5, 5.41) is 19.3. The fourth-order valence-electron chi connectivity index (χ4n) is 4.12. The van der Waals surface area contributed by atoms with Crippen LogP contribution in [0.15, 0.2) is 0 Å². The van der Waals surface area contributed by atoms with Crippen LogP contribution in [-0.2, 0) is 9.68 Å². The Balaban J connectivity index is 3.29. The third-order valence-corrected chi connectivity index (χ3v) is 6.27. The van der Waals surface area contributed by atoms with Gasteiger partial charge in [0.1, 0.15) is 0 Å². The van der Waals surface area contributed by atoms with Crippen LogP contribution < -0.4 is 0 Å². The highest BCUT2D eigenvalue weighted by Crippen LogP contribution is 2.15. The number of aliphatic hydroxyl groups is 2. The molecule has 0 aliphatic rings. The molecule has 0 amide bonds. The third-order valence-electron chi connectivity index (χ3n) is 6.27. The summed E-state index contributed by atoms with van der Waals surface area (Å²) in [6.45, 7) is 4.23. The normalized spacial score (nSPS) is 11.6. The lowest BCUT2D eigenvalue weighted by molar-refractivity contribution is -0.369. The zero-order valence-corrected chi connectivity index (χ0v) is 22.3. The fraction of sp³-hybridized carbons (Fsp3) is 1.00. The van der Waals surface area contributed by atoms with Gasteiger partial charge in [-0.1, -0.05) is 134 Å². The highest BCUT2D eigenvalue weighted by atomic mass is 16.9. The standard InChI is InChI=1S/C28H59NO4/c1-2-3-4-5-6-7-8-9-10-11-12-13-14-15-16-17-18-19-20-21-24-29(32-27-22-25-30)33-28-23-26-31/h30-31H,2-28H2,1H3. The van der Waals surface area contributed by atoms with Crippen LogP contribution in [0.5, 0.6) is 0 Å². The summed E-state index contributed by atoms with van der Waals surface area (Å²) < 4.78 is 0. The van der Waals surface area contributed by atoms with Crippen LogP contribution in [0.2, 0.25) is 0 Å². The first kappa shape index (κ1) is 32.8. The summed E-state index contributed by atoms with van der Waals surface area (Å²) in [7, 11) is 0. The number of unbranched alkanes of at least 4 members (excludes halogenated alkanes) is 19. The molecular weight excluding hydrogens is 414 g/mol. The Morgan fingerprint density at radius 3 is 1.03 bits per heavy atom. The zero-order chi connectivity index (χ0) is 24.1. The maximum Gasteiger partial charge on any atom is 0.0733 e. The minimum atomic E-state index is 0.129. The molecule has 33 heavy (non-hydrogen) atoms. The maximum atomic E-state index is 8.87. The van der Waals surface area contributed by atoms with Gasteiger partial charge in [0.05, 0.1) is 19.8 Å². The number of rotatable bonds is 29. The molecule has 0 fully saturated rings. The van der Waals surface area contributed by atoms with Crippen molar-refractivity contribution in [3.8, 4) is 0 Å². The molecule has 0 saturated carbocycles. The molecule has 2 N–H and O–H groups in total. The monoisotopic (exact) mass is 473 g/mol. The summed E-state index contributed by atoms with van der Waals surface area (Å²) in [6.07, 6.45) is 28.9. The average molecular weight is 474 g/mol. The molecule has 0 aromatic rings. The van der Waals surface area contributed by atoms with Crippen molar-refractivity contribution in [2.24, 2.45) is 0 Å². The van der Waals surface area contributed by atoms with Gasteiger partial charge in [0.15, 0.2) is 0 Å². The summed E-state index contributed by atoms with van der Waals surface area (Å²) in [5.41, 5.74) is 0. The van der Waals surface area contributed by atoms with Crippen molar-refractivity contribution in [2.75, 3.05) is 33.0 Å². The van der Waals surface area contributed by atoms with E-state index in [4.69, 9.17) is 19.9 Å². The van der Waals surface area contributed by atoms with E-state index in [1.165, 1.54) is 122 Å². The van der Waals surface area contributed by atoms with E-state index in [0.717, 1.165) is 13.0 Å². The van der Waals surface area contributed by atoms with Crippen LogP contribution in [0.4, 0.5) is 0 Å². The molecule has 0 heterocycles. The lowest BCUT2D eigenvalue weighted by Crippen LogP contribution is -2.27. The van der Waals surface area contributed by atoms with E-state index in [9.17, 15) is 0 Å². The SMILES string of the molecule is CCCCCCCCCCCCCCCCCCCCCCN(OCCCO)OCCCO. The number of hydroxylamine groups is 2. The van der Waals surface area contributed by atoms with E-state index in [-0.39, 0.29) is 13.2 Å². The van der Waals surface area contributed by atoms with Crippen LogP contribution in [-0.4, -0.2) is 48.4 Å². The summed E-state index contributed by atoms with van der Waals surface area (Å²) in [6, 6.07) is 0. The van der Waals surface area contributed by atoms with Gasteiger partial charge in [-0.25, -0.2) is 0 Å². The Hall–Kier alpha value is -0.200. The van der Waals surface area contributed by atoms with Crippen molar-refractivity contribution in [1.29, 1.82) is 0 Å². The minimum Gasteiger partial charge on any atom is -0.396 e. The van der Waals surface area contributed by atoms with Gasteiger partial charge in [-0.05, 0) is 19.3 Å². The van der Waals surface area contributed by atoms with Gasteiger partial charge in [-0.15, -0.1) is 0 Å². The van der Waals surface area contributed by atoms with Gasteiger partial charge in [0, 0.05) is 13.2 Å². The van der Waals surface area contributed by atoms with Crippen molar-refractivity contribution >= 4 is 0 Å². The molecule has 0 radical (unpaired) electrons. The van der Waals surface area contributed by atoms with E-state index < -0.39 is 0 Å². The Kier molecular flexibility index (Phi) is 29.7. The van der Waals surface area contributed by atoms with Gasteiger partial charge in [0.2, 0.25) is 0 Å². The van der Waals surface area contributed by atoms with E-state index in [1.54, 1.807) is 5.23 Å². The van der Waals surface area contributed by atoms with E-state index in [0.29, 0.717) is 26.1 Å². The topological polar surface area (TPSA) is 62.2 Å². The van der Waals surface area contributed by atoms with Gasteiger partial charge >= 0.3 is 0 Å². The molecular formula is C28H59NO4. The quantitative estimate of drug-likeness (QED) is 0.0859. The first-order valence-electron chi connectivity index (χ1n) is 14.6. The van der Waals surface area contributed by atoms with Gasteiger partial charge in [0.25, 0.3) is 0 Å². The fourth-order valence-corrected chi connectivity index (χ4v) is 4.12. The summed E-state index contributed by atoms with van der Waals surface area (Å²) in [5.74, 6) is 0. The van der Waals surface area contributed by atoms with Crippen molar-refractivity contribution in [3.05, 3.63) is 0 Å². The Morgan fingerprint density at radius 1 is 0.424 bits per heavy atom. The number of aliphatic hydroxyl groups excluding tert-OH is 2. The molecule has 0 atom stereocenters. The number of nitrogens with zero attached hydrogens (tertiary/aromatic N) is 1. The molecule has 200 valence electrons. The Morgan fingerprint density at radius 2 is 0.727 bits per heavy atom. The van der Waals surface area contributed by atoms with Crippen molar-refractivity contribution in [3.63, 3.8) is 0 Å². The smallest absolute Gasteiger partial charge is 0.0733 e. The van der Waals surface area contributed by atoms with E-state index >= 15 is 0 Å². The van der Waals surface area contributed by atoms with Crippen molar-refractivity contribution in [1.82, 2.24) is 5.23 Å². The van der Waals surface area contributed by atoms with Crippen LogP contribution >= 0.6 is 0 Å². The molecule has 0 saturated heterocycles. The molecule has 5 heteroatoms. The second-order valence-corrected chi connectivity index (χ2v) is 9.59. The molecule has 0 aromatic carbocycles. The highest BCUT2D eigenvalue weighted by molar-refractivity contribution is 4.51. The van der Waals surface area contributed by atoms with Crippen LogP contribution in [0.1, 0.15) is 148 Å². The Bertz CT molecular complexity index is 334. The van der Waals surface area contributed by atoms with E-state index in [2.05, 4.69) is 6.92 Å².